The molecule has 0 saturated carbocycles. The Morgan fingerprint density at radius 1 is 1.08 bits per heavy atom. The largest absolute Gasteiger partial charge is 0.408 e. The van der Waals surface area contributed by atoms with E-state index >= 15 is 0 Å². The van der Waals surface area contributed by atoms with Gasteiger partial charge in [-0.3, -0.25) is 0 Å². The molecule has 0 aromatic heterocycles. The van der Waals surface area contributed by atoms with E-state index in [1.165, 1.54) is 0 Å². The molecule has 0 radical (unpaired) electrons. The fourth-order valence-corrected chi connectivity index (χ4v) is 0.701. The van der Waals surface area contributed by atoms with E-state index in [-0.39, 0.29) is 5.54 Å². The van der Waals surface area contributed by atoms with Crippen molar-refractivity contribution in [3.63, 3.8) is 0 Å². The highest BCUT2D eigenvalue weighted by Gasteiger charge is 2.08. The molecule has 1 rings (SSSR count). The minimum Gasteiger partial charge on any atom is -0.408 e. The highest BCUT2D eigenvalue weighted by molar-refractivity contribution is 5.20. The summed E-state index contributed by atoms with van der Waals surface area (Å²) in [5.41, 5.74) is 2.92. The number of hydroxylamine groups is 1. The lowest BCUT2D eigenvalue weighted by molar-refractivity contribution is 0.119. The van der Waals surface area contributed by atoms with E-state index in [1.807, 2.05) is 30.3 Å². The minimum absolute atomic E-state index is 0.0180. The summed E-state index contributed by atoms with van der Waals surface area (Å²) in [6.45, 7) is 6.15. The maximum atomic E-state index is 5.32. The number of hydrogen-bond acceptors (Lipinski definition) is 2. The average Bonchev–Trinajstić information content (AvgIpc) is 2.02. The van der Waals surface area contributed by atoms with Gasteiger partial charge in [-0.15, -0.1) is 0 Å². The van der Waals surface area contributed by atoms with Crippen LogP contribution in [0.1, 0.15) is 20.8 Å². The van der Waals surface area contributed by atoms with Crippen LogP contribution in [-0.4, -0.2) is 5.54 Å². The highest BCUT2D eigenvalue weighted by Crippen LogP contribution is 2.08. The summed E-state index contributed by atoms with van der Waals surface area (Å²) >= 11 is 0. The van der Waals surface area contributed by atoms with E-state index < -0.39 is 0 Å². The van der Waals surface area contributed by atoms with E-state index in [0.717, 1.165) is 5.75 Å². The quantitative estimate of drug-likeness (QED) is 0.679. The summed E-state index contributed by atoms with van der Waals surface area (Å²) in [7, 11) is 0. The van der Waals surface area contributed by atoms with Crippen LogP contribution in [0.25, 0.3) is 0 Å². The summed E-state index contributed by atoms with van der Waals surface area (Å²) in [6, 6.07) is 9.68. The Morgan fingerprint density at radius 2 is 1.67 bits per heavy atom. The summed E-state index contributed by atoms with van der Waals surface area (Å²) < 4.78 is 0. The van der Waals surface area contributed by atoms with Gasteiger partial charge in [-0.25, -0.2) is 0 Å². The SMILES string of the molecule is CC(C)(C)NOc1ccccc1. The van der Waals surface area contributed by atoms with Crippen LogP contribution in [0.2, 0.25) is 0 Å². The Kier molecular flexibility index (Phi) is 2.71. The standard InChI is InChI=1S/C10H15NO/c1-10(2,3)11-12-9-7-5-4-6-8-9/h4-8,11H,1-3H3. The predicted molar refractivity (Wildman–Crippen MR) is 50.0 cm³/mol. The molecule has 1 aromatic carbocycles. The molecule has 0 spiro atoms. The molecule has 0 aliphatic heterocycles. The van der Waals surface area contributed by atoms with Crippen molar-refractivity contribution in [2.24, 2.45) is 0 Å². The third-order valence-electron chi connectivity index (χ3n) is 1.22. The van der Waals surface area contributed by atoms with E-state index in [9.17, 15) is 0 Å². The number of nitrogens with one attached hydrogen (secondary N) is 1. The van der Waals surface area contributed by atoms with Crippen molar-refractivity contribution >= 4 is 0 Å². The lowest BCUT2D eigenvalue weighted by Gasteiger charge is -2.20. The molecule has 1 N–H and O–H groups in total. The predicted octanol–water partition coefficient (Wildman–Crippen LogP) is 2.37. The highest BCUT2D eigenvalue weighted by atomic mass is 16.6. The Hall–Kier alpha value is -1.02. The van der Waals surface area contributed by atoms with Gasteiger partial charge < -0.3 is 4.84 Å². The zero-order valence-corrected chi connectivity index (χ0v) is 7.79. The smallest absolute Gasteiger partial charge is 0.147 e. The van der Waals surface area contributed by atoms with Gasteiger partial charge in [0, 0.05) is 5.54 Å². The molecule has 0 atom stereocenters. The molecule has 0 bridgehead atoms. The summed E-state index contributed by atoms with van der Waals surface area (Å²) in [5, 5.41) is 0. The molecule has 1 aromatic rings. The third-order valence-corrected chi connectivity index (χ3v) is 1.22. The molecule has 0 heterocycles. The average molecular weight is 165 g/mol. The van der Waals surface area contributed by atoms with Gasteiger partial charge in [-0.05, 0) is 32.9 Å². The molecule has 2 heteroatoms. The van der Waals surface area contributed by atoms with Gasteiger partial charge in [-0.2, -0.15) is 5.48 Å². The second kappa shape index (κ2) is 3.59. The van der Waals surface area contributed by atoms with Gasteiger partial charge in [0.05, 0.1) is 0 Å². The zero-order valence-electron chi connectivity index (χ0n) is 7.79. The molecule has 0 aliphatic rings. The molecular weight excluding hydrogens is 150 g/mol. The van der Waals surface area contributed by atoms with Crippen LogP contribution in [0.4, 0.5) is 0 Å². The first-order valence-corrected chi connectivity index (χ1v) is 4.07. The molecular formula is C10H15NO. The normalized spacial score (nSPS) is 11.2. The van der Waals surface area contributed by atoms with Crippen LogP contribution in [0.15, 0.2) is 30.3 Å². The van der Waals surface area contributed by atoms with Crippen LogP contribution < -0.4 is 10.3 Å². The number of hydrogen-bond donors (Lipinski definition) is 1. The summed E-state index contributed by atoms with van der Waals surface area (Å²) in [6.07, 6.45) is 0. The first-order chi connectivity index (χ1) is 5.58. The molecule has 66 valence electrons. The van der Waals surface area contributed by atoms with Crippen LogP contribution in [0.3, 0.4) is 0 Å². The fourth-order valence-electron chi connectivity index (χ4n) is 0.701. The lowest BCUT2D eigenvalue weighted by Crippen LogP contribution is -2.38. The molecule has 0 amide bonds. The van der Waals surface area contributed by atoms with E-state index in [1.54, 1.807) is 0 Å². The van der Waals surface area contributed by atoms with Crippen molar-refractivity contribution in [2.45, 2.75) is 26.3 Å². The van der Waals surface area contributed by atoms with E-state index in [2.05, 4.69) is 26.3 Å². The number of benzene rings is 1. The van der Waals surface area contributed by atoms with Gasteiger partial charge in [-0.1, -0.05) is 18.2 Å². The van der Waals surface area contributed by atoms with Crippen molar-refractivity contribution in [2.75, 3.05) is 0 Å². The van der Waals surface area contributed by atoms with Crippen LogP contribution in [0.5, 0.6) is 5.75 Å². The Bertz CT molecular complexity index is 225. The number of rotatable bonds is 2. The van der Waals surface area contributed by atoms with Gasteiger partial charge >= 0.3 is 0 Å². The second-order valence-electron chi connectivity index (χ2n) is 3.77. The van der Waals surface area contributed by atoms with E-state index in [4.69, 9.17) is 4.84 Å². The maximum absolute atomic E-state index is 5.32. The molecule has 12 heavy (non-hydrogen) atoms. The zero-order chi connectivity index (χ0) is 9.03. The summed E-state index contributed by atoms with van der Waals surface area (Å²) in [4.78, 5) is 5.32. The summed E-state index contributed by atoms with van der Waals surface area (Å²) in [5.74, 6) is 0.840. The topological polar surface area (TPSA) is 21.3 Å². The maximum Gasteiger partial charge on any atom is 0.147 e. The van der Waals surface area contributed by atoms with Crippen LogP contribution in [-0.2, 0) is 0 Å². The fraction of sp³-hybridized carbons (Fsp3) is 0.400. The second-order valence-corrected chi connectivity index (χ2v) is 3.77. The Morgan fingerprint density at radius 3 is 2.17 bits per heavy atom. The van der Waals surface area contributed by atoms with Crippen LogP contribution >= 0.6 is 0 Å². The van der Waals surface area contributed by atoms with Crippen molar-refractivity contribution in [3.05, 3.63) is 30.3 Å². The molecule has 0 aliphatic carbocycles. The van der Waals surface area contributed by atoms with E-state index in [0.29, 0.717) is 0 Å². The Labute approximate surface area is 73.5 Å². The number of para-hydroxylation sites is 1. The minimum atomic E-state index is -0.0180. The molecule has 0 unspecified atom stereocenters. The van der Waals surface area contributed by atoms with Crippen LogP contribution in [0, 0.1) is 0 Å². The first-order valence-electron chi connectivity index (χ1n) is 4.07. The van der Waals surface area contributed by atoms with Crippen molar-refractivity contribution < 1.29 is 4.84 Å². The first kappa shape index (κ1) is 9.07. The van der Waals surface area contributed by atoms with Gasteiger partial charge in [0.2, 0.25) is 0 Å². The molecule has 2 nitrogen and oxygen atoms in total. The lowest BCUT2D eigenvalue weighted by atomic mass is 10.1. The van der Waals surface area contributed by atoms with Gasteiger partial charge in [0.25, 0.3) is 0 Å². The van der Waals surface area contributed by atoms with Crippen molar-refractivity contribution in [3.8, 4) is 5.75 Å². The molecule has 0 saturated heterocycles. The monoisotopic (exact) mass is 165 g/mol. The molecule has 0 fully saturated rings. The van der Waals surface area contributed by atoms with Crippen molar-refractivity contribution in [1.29, 1.82) is 0 Å². The van der Waals surface area contributed by atoms with Gasteiger partial charge in [0.1, 0.15) is 5.75 Å². The van der Waals surface area contributed by atoms with Crippen molar-refractivity contribution in [1.82, 2.24) is 5.48 Å². The third kappa shape index (κ3) is 3.39. The van der Waals surface area contributed by atoms with Gasteiger partial charge in [0.15, 0.2) is 0 Å². The Balaban J connectivity index is 2.44.